The number of ether oxygens (including phenoxy) is 1. The lowest BCUT2D eigenvalue weighted by Gasteiger charge is -2.09. The van der Waals surface area contributed by atoms with E-state index in [1.807, 2.05) is 0 Å². The summed E-state index contributed by atoms with van der Waals surface area (Å²) in [4.78, 5) is 21.3. The highest BCUT2D eigenvalue weighted by Crippen LogP contribution is 1.93. The molecule has 0 aromatic heterocycles. The van der Waals surface area contributed by atoms with Gasteiger partial charge in [0.05, 0.1) is 6.54 Å². The number of aliphatic hydroxyl groups is 1. The summed E-state index contributed by atoms with van der Waals surface area (Å²) >= 11 is 0. The number of carbonyl (C=O) groups is 2. The average Bonchev–Trinajstić information content (AvgIpc) is 2.30. The third-order valence-electron chi connectivity index (χ3n) is 2.05. The number of carboxylic acids is 1. The fourth-order valence-electron chi connectivity index (χ4n) is 1.09. The number of methoxy groups -OCH3 is 1. The van der Waals surface area contributed by atoms with Gasteiger partial charge in [-0.25, -0.2) is 9.59 Å². The fraction of sp³-hybridized carbons (Fsp3) is 0.800. The molecular weight excluding hydrogens is 228 g/mol. The largest absolute Gasteiger partial charge is 0.479 e. The molecule has 0 radical (unpaired) electrons. The Kier molecular flexibility index (Phi) is 9.08. The highest BCUT2D eigenvalue weighted by atomic mass is 16.5. The van der Waals surface area contributed by atoms with Crippen LogP contribution in [0.1, 0.15) is 19.3 Å². The maximum absolute atomic E-state index is 11.1. The van der Waals surface area contributed by atoms with Gasteiger partial charge in [-0.3, -0.25) is 0 Å². The van der Waals surface area contributed by atoms with Gasteiger partial charge in [0.2, 0.25) is 0 Å². The standard InChI is InChI=1S/C10H20N2O5/c1-17-6-4-2-3-5-11-10(16)12-7-8(13)9(14)15/h8,13H,2-7H2,1H3,(H,14,15)(H2,11,12,16). The van der Waals surface area contributed by atoms with Crippen molar-refractivity contribution < 1.29 is 24.5 Å². The maximum atomic E-state index is 11.1. The minimum atomic E-state index is -1.57. The predicted molar refractivity (Wildman–Crippen MR) is 60.8 cm³/mol. The summed E-state index contributed by atoms with van der Waals surface area (Å²) in [7, 11) is 1.64. The SMILES string of the molecule is COCCCCCNC(=O)NCC(O)C(=O)O. The number of nitrogens with one attached hydrogen (secondary N) is 2. The van der Waals surface area contributed by atoms with Gasteiger partial charge in [0.25, 0.3) is 0 Å². The number of hydrogen-bond acceptors (Lipinski definition) is 4. The second-order valence-corrected chi connectivity index (χ2v) is 3.54. The molecule has 17 heavy (non-hydrogen) atoms. The monoisotopic (exact) mass is 248 g/mol. The van der Waals surface area contributed by atoms with Gasteiger partial charge < -0.3 is 25.6 Å². The number of rotatable bonds is 9. The van der Waals surface area contributed by atoms with Crippen LogP contribution in [0.25, 0.3) is 0 Å². The molecule has 1 unspecified atom stereocenters. The summed E-state index contributed by atoms with van der Waals surface area (Å²) in [6.07, 6.45) is 1.16. The molecule has 0 aromatic carbocycles. The van der Waals surface area contributed by atoms with E-state index in [1.54, 1.807) is 7.11 Å². The molecule has 0 aliphatic carbocycles. The van der Waals surface area contributed by atoms with Gasteiger partial charge in [0.1, 0.15) is 0 Å². The van der Waals surface area contributed by atoms with Crippen molar-refractivity contribution in [3.63, 3.8) is 0 Å². The van der Waals surface area contributed by atoms with E-state index in [-0.39, 0.29) is 6.54 Å². The van der Waals surface area contributed by atoms with E-state index >= 15 is 0 Å². The van der Waals surface area contributed by atoms with Gasteiger partial charge in [-0.2, -0.15) is 0 Å². The van der Waals surface area contributed by atoms with Crippen LogP contribution < -0.4 is 10.6 Å². The molecule has 0 rings (SSSR count). The van der Waals surface area contributed by atoms with E-state index in [0.717, 1.165) is 19.3 Å². The second kappa shape index (κ2) is 9.86. The summed E-state index contributed by atoms with van der Waals surface area (Å²) < 4.78 is 4.87. The van der Waals surface area contributed by atoms with Crippen molar-refractivity contribution >= 4 is 12.0 Å². The zero-order chi connectivity index (χ0) is 13.1. The minimum absolute atomic E-state index is 0.301. The second-order valence-electron chi connectivity index (χ2n) is 3.54. The van der Waals surface area contributed by atoms with Crippen LogP contribution in [0.4, 0.5) is 4.79 Å². The number of aliphatic carboxylic acids is 1. The van der Waals surface area contributed by atoms with Gasteiger partial charge >= 0.3 is 12.0 Å². The first-order valence-corrected chi connectivity index (χ1v) is 5.49. The van der Waals surface area contributed by atoms with Crippen LogP contribution in [0.15, 0.2) is 0 Å². The molecule has 2 amide bonds. The number of hydrogen-bond donors (Lipinski definition) is 4. The molecule has 1 atom stereocenters. The Bertz CT molecular complexity index is 235. The maximum Gasteiger partial charge on any atom is 0.334 e. The van der Waals surface area contributed by atoms with Crippen molar-refractivity contribution in [1.29, 1.82) is 0 Å². The van der Waals surface area contributed by atoms with E-state index in [2.05, 4.69) is 10.6 Å². The number of unbranched alkanes of at least 4 members (excludes halogenated alkanes) is 2. The van der Waals surface area contributed by atoms with Crippen molar-refractivity contribution in [1.82, 2.24) is 10.6 Å². The van der Waals surface area contributed by atoms with Crippen LogP contribution in [0, 0.1) is 0 Å². The predicted octanol–water partition coefficient (Wildman–Crippen LogP) is -0.452. The Morgan fingerprint density at radius 2 is 1.94 bits per heavy atom. The zero-order valence-electron chi connectivity index (χ0n) is 9.94. The van der Waals surface area contributed by atoms with E-state index in [0.29, 0.717) is 13.2 Å². The molecule has 0 aliphatic rings. The lowest BCUT2D eigenvalue weighted by Crippen LogP contribution is -2.42. The quantitative estimate of drug-likeness (QED) is 0.413. The van der Waals surface area contributed by atoms with Gasteiger partial charge in [-0.15, -0.1) is 0 Å². The topological polar surface area (TPSA) is 108 Å². The van der Waals surface area contributed by atoms with Crippen LogP contribution >= 0.6 is 0 Å². The van der Waals surface area contributed by atoms with Crippen molar-refractivity contribution in [3.8, 4) is 0 Å². The molecule has 0 spiro atoms. The molecule has 7 nitrogen and oxygen atoms in total. The zero-order valence-corrected chi connectivity index (χ0v) is 9.94. The van der Waals surface area contributed by atoms with Crippen molar-refractivity contribution in [3.05, 3.63) is 0 Å². The van der Waals surface area contributed by atoms with E-state index in [1.165, 1.54) is 0 Å². The highest BCUT2D eigenvalue weighted by molar-refractivity contribution is 5.76. The smallest absolute Gasteiger partial charge is 0.334 e. The Morgan fingerprint density at radius 3 is 2.53 bits per heavy atom. The number of amides is 2. The molecular formula is C10H20N2O5. The lowest BCUT2D eigenvalue weighted by molar-refractivity contribution is -0.146. The summed E-state index contributed by atoms with van der Waals surface area (Å²) in [5.41, 5.74) is 0. The van der Waals surface area contributed by atoms with Crippen LogP contribution in [0.5, 0.6) is 0 Å². The molecule has 0 bridgehead atoms. The van der Waals surface area contributed by atoms with Crippen molar-refractivity contribution in [2.75, 3.05) is 26.8 Å². The molecule has 0 aliphatic heterocycles. The molecule has 100 valence electrons. The van der Waals surface area contributed by atoms with Crippen LogP contribution in [-0.4, -0.2) is 55.1 Å². The molecule has 0 heterocycles. The Labute approximate surface area is 100 Å². The highest BCUT2D eigenvalue weighted by Gasteiger charge is 2.13. The van der Waals surface area contributed by atoms with Gasteiger partial charge in [0.15, 0.2) is 6.10 Å². The van der Waals surface area contributed by atoms with Gasteiger partial charge in [-0.1, -0.05) is 0 Å². The molecule has 4 N–H and O–H groups in total. The minimum Gasteiger partial charge on any atom is -0.479 e. The summed E-state index contributed by atoms with van der Waals surface area (Å²) in [6, 6.07) is -0.475. The van der Waals surface area contributed by atoms with E-state index in [4.69, 9.17) is 14.9 Å². The Hall–Kier alpha value is -1.34. The summed E-state index contributed by atoms with van der Waals surface area (Å²) in [6.45, 7) is 0.917. The van der Waals surface area contributed by atoms with Gasteiger partial charge in [0, 0.05) is 20.3 Å². The first-order chi connectivity index (χ1) is 8.07. The van der Waals surface area contributed by atoms with Crippen molar-refractivity contribution in [2.24, 2.45) is 0 Å². The third-order valence-corrected chi connectivity index (χ3v) is 2.05. The molecule has 0 saturated heterocycles. The van der Waals surface area contributed by atoms with Crippen LogP contribution in [0.3, 0.4) is 0 Å². The van der Waals surface area contributed by atoms with Crippen LogP contribution in [0.2, 0.25) is 0 Å². The van der Waals surface area contributed by atoms with Crippen LogP contribution in [-0.2, 0) is 9.53 Å². The lowest BCUT2D eigenvalue weighted by atomic mass is 10.2. The van der Waals surface area contributed by atoms with E-state index in [9.17, 15) is 9.59 Å². The molecule has 0 fully saturated rings. The normalized spacial score (nSPS) is 11.9. The average molecular weight is 248 g/mol. The molecule has 7 heteroatoms. The number of carboxylic acid groups (broad SMARTS) is 1. The fourth-order valence-corrected chi connectivity index (χ4v) is 1.09. The first-order valence-electron chi connectivity index (χ1n) is 5.49. The molecule has 0 saturated carbocycles. The summed E-state index contributed by atoms with van der Waals surface area (Å²) in [5, 5.41) is 22.1. The third kappa shape index (κ3) is 9.58. The van der Waals surface area contributed by atoms with Gasteiger partial charge in [-0.05, 0) is 19.3 Å². The Balaban J connectivity index is 3.38. The number of carbonyl (C=O) groups excluding carboxylic acids is 1. The number of urea groups is 1. The molecule has 0 aromatic rings. The Morgan fingerprint density at radius 1 is 1.24 bits per heavy atom. The van der Waals surface area contributed by atoms with E-state index < -0.39 is 18.1 Å². The summed E-state index contributed by atoms with van der Waals surface area (Å²) in [5.74, 6) is -1.36. The van der Waals surface area contributed by atoms with Crippen molar-refractivity contribution in [2.45, 2.75) is 25.4 Å². The number of aliphatic hydroxyl groups excluding tert-OH is 1. The first kappa shape index (κ1) is 15.7.